The molecule has 0 aromatic carbocycles. The number of ether oxygens (including phenoxy) is 1. The summed E-state index contributed by atoms with van der Waals surface area (Å²) in [6.07, 6.45) is -0.836. The van der Waals surface area contributed by atoms with Crippen LogP contribution in [0.5, 0.6) is 0 Å². The van der Waals surface area contributed by atoms with Crippen molar-refractivity contribution in [1.29, 1.82) is 0 Å². The van der Waals surface area contributed by atoms with Gasteiger partial charge in [-0.3, -0.25) is 4.79 Å². The van der Waals surface area contributed by atoms with E-state index in [9.17, 15) is 18.0 Å². The zero-order valence-corrected chi connectivity index (χ0v) is 11.3. The molecule has 0 aromatic heterocycles. The number of hydrogen-bond donors (Lipinski definition) is 2. The minimum atomic E-state index is -4.18. The number of carbonyl (C=O) groups is 1. The molecule has 2 saturated heterocycles. The molecule has 4 nitrogen and oxygen atoms in total. The first-order valence-corrected chi connectivity index (χ1v) is 7.16. The quantitative estimate of drug-likeness (QED) is 0.831. The molecule has 2 aliphatic rings. The van der Waals surface area contributed by atoms with Crippen LogP contribution in [0, 0.1) is 5.92 Å². The Hall–Kier alpha value is -0.820. The van der Waals surface area contributed by atoms with Crippen molar-refractivity contribution in [3.05, 3.63) is 0 Å². The van der Waals surface area contributed by atoms with Crippen molar-refractivity contribution in [1.82, 2.24) is 10.6 Å². The lowest BCUT2D eigenvalue weighted by Gasteiger charge is -2.31. The Bertz CT molecular complexity index is 322. The number of rotatable bonds is 3. The van der Waals surface area contributed by atoms with E-state index in [1.807, 2.05) is 0 Å². The lowest BCUT2D eigenvalue weighted by atomic mass is 9.94. The van der Waals surface area contributed by atoms with Crippen LogP contribution in [0.4, 0.5) is 13.2 Å². The minimum Gasteiger partial charge on any atom is -0.376 e. The second kappa shape index (κ2) is 6.76. The first-order valence-electron chi connectivity index (χ1n) is 7.16. The molecule has 7 heteroatoms. The standard InChI is InChI=1S/C13H21F3N2O2/c14-13(15,16)9-4-5-11(17-7-9)12(19)18-8-10-3-1-2-6-20-10/h9-11,17H,1-8H2,(H,18,19). The Morgan fingerprint density at radius 2 is 2.05 bits per heavy atom. The fourth-order valence-electron chi connectivity index (χ4n) is 2.67. The topological polar surface area (TPSA) is 50.4 Å². The van der Waals surface area contributed by atoms with Gasteiger partial charge in [0.1, 0.15) is 0 Å². The number of alkyl halides is 3. The Kier molecular flexibility index (Phi) is 5.26. The van der Waals surface area contributed by atoms with Crippen LogP contribution < -0.4 is 10.6 Å². The molecule has 0 aromatic rings. The van der Waals surface area contributed by atoms with Crippen molar-refractivity contribution in [3.63, 3.8) is 0 Å². The van der Waals surface area contributed by atoms with E-state index >= 15 is 0 Å². The SMILES string of the molecule is O=C(NCC1CCCCO1)C1CCC(C(F)(F)F)CN1. The van der Waals surface area contributed by atoms with E-state index in [1.54, 1.807) is 0 Å². The molecule has 2 heterocycles. The molecule has 0 radical (unpaired) electrons. The van der Waals surface area contributed by atoms with Gasteiger partial charge in [-0.25, -0.2) is 0 Å². The van der Waals surface area contributed by atoms with Crippen LogP contribution >= 0.6 is 0 Å². The van der Waals surface area contributed by atoms with Gasteiger partial charge in [0.05, 0.1) is 18.1 Å². The number of carbonyl (C=O) groups excluding carboxylic acids is 1. The molecule has 2 rings (SSSR count). The monoisotopic (exact) mass is 294 g/mol. The van der Waals surface area contributed by atoms with Gasteiger partial charge in [-0.2, -0.15) is 13.2 Å². The maximum absolute atomic E-state index is 12.5. The van der Waals surface area contributed by atoms with Gasteiger partial charge >= 0.3 is 6.18 Å². The number of nitrogens with one attached hydrogen (secondary N) is 2. The number of piperidine rings is 1. The molecule has 0 spiro atoms. The van der Waals surface area contributed by atoms with Crippen LogP contribution in [0.25, 0.3) is 0 Å². The molecule has 116 valence electrons. The van der Waals surface area contributed by atoms with E-state index < -0.39 is 18.1 Å². The van der Waals surface area contributed by atoms with E-state index in [-0.39, 0.29) is 31.4 Å². The van der Waals surface area contributed by atoms with Gasteiger partial charge in [0.25, 0.3) is 0 Å². The van der Waals surface area contributed by atoms with E-state index in [4.69, 9.17) is 4.74 Å². The van der Waals surface area contributed by atoms with E-state index in [0.29, 0.717) is 6.54 Å². The molecule has 3 unspecified atom stereocenters. The largest absolute Gasteiger partial charge is 0.393 e. The summed E-state index contributed by atoms with van der Waals surface area (Å²) in [6.45, 7) is 0.983. The Morgan fingerprint density at radius 3 is 2.60 bits per heavy atom. The molecule has 0 aliphatic carbocycles. The molecular weight excluding hydrogens is 273 g/mol. The lowest BCUT2D eigenvalue weighted by Crippen LogP contribution is -2.52. The lowest BCUT2D eigenvalue weighted by molar-refractivity contribution is -0.180. The zero-order chi connectivity index (χ0) is 14.6. The zero-order valence-electron chi connectivity index (χ0n) is 11.3. The first-order chi connectivity index (χ1) is 9.47. The molecule has 20 heavy (non-hydrogen) atoms. The maximum Gasteiger partial charge on any atom is 0.393 e. The smallest absolute Gasteiger partial charge is 0.376 e. The summed E-state index contributed by atoms with van der Waals surface area (Å²) in [4.78, 5) is 11.9. The van der Waals surface area contributed by atoms with E-state index in [2.05, 4.69) is 10.6 Å². The van der Waals surface area contributed by atoms with Gasteiger partial charge in [-0.05, 0) is 32.1 Å². The van der Waals surface area contributed by atoms with Crippen molar-refractivity contribution in [2.24, 2.45) is 5.92 Å². The molecular formula is C13H21F3N2O2. The highest BCUT2D eigenvalue weighted by atomic mass is 19.4. The van der Waals surface area contributed by atoms with Gasteiger partial charge in [-0.1, -0.05) is 0 Å². The highest BCUT2D eigenvalue weighted by molar-refractivity contribution is 5.81. The van der Waals surface area contributed by atoms with Crippen molar-refractivity contribution in [2.75, 3.05) is 19.7 Å². The predicted octanol–water partition coefficient (Wildman–Crippen LogP) is 1.60. The molecule has 1 amide bonds. The fourth-order valence-corrected chi connectivity index (χ4v) is 2.67. The predicted molar refractivity (Wildman–Crippen MR) is 67.2 cm³/mol. The molecule has 2 N–H and O–H groups in total. The Balaban J connectivity index is 1.69. The van der Waals surface area contributed by atoms with Crippen molar-refractivity contribution in [2.45, 2.75) is 50.4 Å². The second-order valence-corrected chi connectivity index (χ2v) is 5.51. The van der Waals surface area contributed by atoms with Crippen LogP contribution in [0.2, 0.25) is 0 Å². The van der Waals surface area contributed by atoms with E-state index in [1.165, 1.54) is 0 Å². The Labute approximate surface area is 116 Å². The third-order valence-electron chi connectivity index (χ3n) is 3.97. The molecule has 0 saturated carbocycles. The van der Waals surface area contributed by atoms with Gasteiger partial charge in [-0.15, -0.1) is 0 Å². The summed E-state index contributed by atoms with van der Waals surface area (Å²) in [5, 5.41) is 5.46. The number of hydrogen-bond acceptors (Lipinski definition) is 3. The fraction of sp³-hybridized carbons (Fsp3) is 0.923. The van der Waals surface area contributed by atoms with Gasteiger partial charge in [0.15, 0.2) is 0 Å². The van der Waals surface area contributed by atoms with Crippen LogP contribution in [-0.2, 0) is 9.53 Å². The highest BCUT2D eigenvalue weighted by Gasteiger charge is 2.42. The second-order valence-electron chi connectivity index (χ2n) is 5.51. The van der Waals surface area contributed by atoms with Gasteiger partial charge in [0.2, 0.25) is 5.91 Å². The first kappa shape index (κ1) is 15.6. The average Bonchev–Trinajstić information content (AvgIpc) is 2.45. The summed E-state index contributed by atoms with van der Waals surface area (Å²) in [6, 6.07) is -0.516. The van der Waals surface area contributed by atoms with Crippen molar-refractivity contribution >= 4 is 5.91 Å². The van der Waals surface area contributed by atoms with Crippen molar-refractivity contribution in [3.8, 4) is 0 Å². The van der Waals surface area contributed by atoms with Crippen LogP contribution in [0.3, 0.4) is 0 Å². The van der Waals surface area contributed by atoms with E-state index in [0.717, 1.165) is 25.9 Å². The summed E-state index contributed by atoms with van der Waals surface area (Å²) < 4.78 is 43.0. The molecule has 2 aliphatic heterocycles. The number of halogens is 3. The summed E-state index contributed by atoms with van der Waals surface area (Å²) in [5.41, 5.74) is 0. The summed E-state index contributed by atoms with van der Waals surface area (Å²) in [7, 11) is 0. The van der Waals surface area contributed by atoms with Crippen LogP contribution in [0.1, 0.15) is 32.1 Å². The molecule has 3 atom stereocenters. The van der Waals surface area contributed by atoms with Crippen molar-refractivity contribution < 1.29 is 22.7 Å². The molecule has 2 fully saturated rings. The van der Waals surface area contributed by atoms with Gasteiger partial charge in [0, 0.05) is 19.7 Å². The molecule has 0 bridgehead atoms. The Morgan fingerprint density at radius 1 is 1.25 bits per heavy atom. The maximum atomic E-state index is 12.5. The normalized spacial score (nSPS) is 31.9. The summed E-state index contributed by atoms with van der Waals surface area (Å²) >= 11 is 0. The average molecular weight is 294 g/mol. The third-order valence-corrected chi connectivity index (χ3v) is 3.97. The van der Waals surface area contributed by atoms with Crippen LogP contribution in [-0.4, -0.2) is 43.9 Å². The third kappa shape index (κ3) is 4.34. The van der Waals surface area contributed by atoms with Gasteiger partial charge < -0.3 is 15.4 Å². The number of amides is 1. The minimum absolute atomic E-state index is 0.00845. The van der Waals surface area contributed by atoms with Crippen LogP contribution in [0.15, 0.2) is 0 Å². The summed E-state index contributed by atoms with van der Waals surface area (Å²) in [5.74, 6) is -1.56. The highest BCUT2D eigenvalue weighted by Crippen LogP contribution is 2.31.